The van der Waals surface area contributed by atoms with Crippen molar-refractivity contribution in [2.45, 2.75) is 0 Å². The van der Waals surface area contributed by atoms with Crippen LogP contribution in [0, 0.1) is 6.08 Å². The fourth-order valence-electron chi connectivity index (χ4n) is 0.852. The molecular formula is C7H4FN3. The summed E-state index contributed by atoms with van der Waals surface area (Å²) in [6.45, 7) is 0. The third kappa shape index (κ3) is 1.02. The molecule has 0 radical (unpaired) electrons. The van der Waals surface area contributed by atoms with Crippen molar-refractivity contribution in [1.29, 1.82) is 0 Å². The van der Waals surface area contributed by atoms with Crippen LogP contribution in [0.5, 0.6) is 0 Å². The zero-order chi connectivity index (χ0) is 7.68. The minimum absolute atomic E-state index is 0.576. The molecule has 0 saturated carbocycles. The maximum Gasteiger partial charge on any atom is 0.309 e. The summed E-state index contributed by atoms with van der Waals surface area (Å²) in [7, 11) is 0. The van der Waals surface area contributed by atoms with Crippen LogP contribution in [0.15, 0.2) is 24.7 Å². The van der Waals surface area contributed by atoms with Gasteiger partial charge in [0.15, 0.2) is 0 Å². The zero-order valence-electron chi connectivity index (χ0n) is 5.53. The van der Waals surface area contributed by atoms with Crippen molar-refractivity contribution < 1.29 is 4.39 Å². The molecule has 2 aromatic rings. The molecule has 4 heteroatoms. The first kappa shape index (κ1) is 6.15. The van der Waals surface area contributed by atoms with Gasteiger partial charge in [-0.3, -0.25) is 4.98 Å². The van der Waals surface area contributed by atoms with Gasteiger partial charge < -0.3 is 0 Å². The maximum absolute atomic E-state index is 12.4. The van der Waals surface area contributed by atoms with Gasteiger partial charge >= 0.3 is 6.08 Å². The molecule has 0 N–H and O–H groups in total. The summed E-state index contributed by atoms with van der Waals surface area (Å²) in [5.41, 5.74) is 0.576. The minimum atomic E-state index is -0.705. The molecule has 3 nitrogen and oxygen atoms in total. The summed E-state index contributed by atoms with van der Waals surface area (Å²) < 4.78 is 12.4. The number of hydrogen-bond donors (Lipinski definition) is 0. The van der Waals surface area contributed by atoms with Gasteiger partial charge in [0.05, 0.1) is 5.52 Å². The molecule has 0 saturated heterocycles. The predicted octanol–water partition coefficient (Wildman–Crippen LogP) is 1.16. The van der Waals surface area contributed by atoms with Gasteiger partial charge in [0, 0.05) is 24.0 Å². The first-order chi connectivity index (χ1) is 5.36. The number of pyridine rings is 1. The van der Waals surface area contributed by atoms with E-state index in [-0.39, 0.29) is 0 Å². The van der Waals surface area contributed by atoms with Crippen LogP contribution in [0.4, 0.5) is 4.39 Å². The Morgan fingerprint density at radius 2 is 2.18 bits per heavy atom. The Labute approximate surface area is 61.9 Å². The van der Waals surface area contributed by atoms with E-state index in [0.29, 0.717) is 5.52 Å². The second-order valence-electron chi connectivity index (χ2n) is 2.07. The van der Waals surface area contributed by atoms with Crippen LogP contribution < -0.4 is 0 Å². The van der Waals surface area contributed by atoms with E-state index in [0.717, 1.165) is 5.39 Å². The van der Waals surface area contributed by atoms with Gasteiger partial charge in [-0.1, -0.05) is 0 Å². The quantitative estimate of drug-likeness (QED) is 0.527. The fraction of sp³-hybridized carbons (Fsp3) is 0. The van der Waals surface area contributed by atoms with Gasteiger partial charge in [-0.2, -0.15) is 4.39 Å². The van der Waals surface area contributed by atoms with E-state index in [1.54, 1.807) is 18.5 Å². The number of aromatic nitrogens is 3. The van der Waals surface area contributed by atoms with Crippen molar-refractivity contribution in [3.05, 3.63) is 30.7 Å². The monoisotopic (exact) mass is 149 g/mol. The summed E-state index contributed by atoms with van der Waals surface area (Å²) in [5, 5.41) is 0.744. The molecule has 0 spiro atoms. The molecule has 2 rings (SSSR count). The van der Waals surface area contributed by atoms with Gasteiger partial charge in [0.25, 0.3) is 0 Å². The van der Waals surface area contributed by atoms with E-state index in [9.17, 15) is 4.39 Å². The Hall–Kier alpha value is -1.58. The highest BCUT2D eigenvalue weighted by molar-refractivity contribution is 5.75. The Bertz CT molecular complexity index is 388. The highest BCUT2D eigenvalue weighted by atomic mass is 19.1. The number of rotatable bonds is 0. The van der Waals surface area contributed by atoms with E-state index in [2.05, 4.69) is 15.0 Å². The molecule has 2 heterocycles. The number of hydrogen-bond acceptors (Lipinski definition) is 3. The van der Waals surface area contributed by atoms with Gasteiger partial charge in [-0.25, -0.2) is 9.97 Å². The van der Waals surface area contributed by atoms with E-state index in [4.69, 9.17) is 0 Å². The Morgan fingerprint density at radius 1 is 1.27 bits per heavy atom. The third-order valence-electron chi connectivity index (χ3n) is 1.35. The van der Waals surface area contributed by atoms with E-state index >= 15 is 0 Å². The van der Waals surface area contributed by atoms with Crippen molar-refractivity contribution in [3.8, 4) is 0 Å². The van der Waals surface area contributed by atoms with Crippen LogP contribution in [0.1, 0.15) is 0 Å². The Morgan fingerprint density at radius 3 is 3.09 bits per heavy atom. The largest absolute Gasteiger partial charge is 0.309 e. The molecule has 0 bridgehead atoms. The lowest BCUT2D eigenvalue weighted by Crippen LogP contribution is -1.88. The predicted molar refractivity (Wildman–Crippen MR) is 37.3 cm³/mol. The molecule has 0 unspecified atom stereocenters. The lowest BCUT2D eigenvalue weighted by molar-refractivity contribution is 0.544. The molecule has 0 aliphatic heterocycles. The molecule has 0 aliphatic carbocycles. The molecule has 0 fully saturated rings. The van der Waals surface area contributed by atoms with Crippen molar-refractivity contribution in [3.63, 3.8) is 0 Å². The Kier molecular flexibility index (Phi) is 1.25. The van der Waals surface area contributed by atoms with E-state index < -0.39 is 6.08 Å². The lowest BCUT2D eigenvalue weighted by Gasteiger charge is -1.92. The maximum atomic E-state index is 12.4. The summed E-state index contributed by atoms with van der Waals surface area (Å²) in [6.07, 6.45) is 3.86. The van der Waals surface area contributed by atoms with Crippen LogP contribution in [0.3, 0.4) is 0 Å². The SMILES string of the molecule is Fc1ncc2cnccc2n1. The Balaban J connectivity index is 2.83. The van der Waals surface area contributed by atoms with Crippen molar-refractivity contribution >= 4 is 10.9 Å². The number of fused-ring (bicyclic) bond motifs is 1. The lowest BCUT2D eigenvalue weighted by atomic mass is 10.3. The van der Waals surface area contributed by atoms with Crippen molar-refractivity contribution in [1.82, 2.24) is 15.0 Å². The molecule has 0 amide bonds. The van der Waals surface area contributed by atoms with E-state index in [1.807, 2.05) is 0 Å². The second-order valence-corrected chi connectivity index (χ2v) is 2.07. The average Bonchev–Trinajstić information content (AvgIpc) is 2.04. The van der Waals surface area contributed by atoms with Gasteiger partial charge in [0.1, 0.15) is 0 Å². The van der Waals surface area contributed by atoms with Crippen molar-refractivity contribution in [2.75, 3.05) is 0 Å². The summed E-state index contributed by atoms with van der Waals surface area (Å²) >= 11 is 0. The van der Waals surface area contributed by atoms with Crippen LogP contribution in [-0.4, -0.2) is 15.0 Å². The van der Waals surface area contributed by atoms with Crippen LogP contribution in [-0.2, 0) is 0 Å². The fourth-order valence-corrected chi connectivity index (χ4v) is 0.852. The summed E-state index contributed by atoms with van der Waals surface area (Å²) in [4.78, 5) is 10.8. The molecule has 0 aromatic carbocycles. The minimum Gasteiger partial charge on any atom is -0.264 e. The van der Waals surface area contributed by atoms with Crippen molar-refractivity contribution in [2.24, 2.45) is 0 Å². The molecule has 2 aromatic heterocycles. The second kappa shape index (κ2) is 2.23. The molecular weight excluding hydrogens is 145 g/mol. The molecule has 0 atom stereocenters. The highest BCUT2D eigenvalue weighted by Gasteiger charge is 1.95. The van der Waals surface area contributed by atoms with Crippen LogP contribution in [0.25, 0.3) is 10.9 Å². The van der Waals surface area contributed by atoms with Gasteiger partial charge in [0.2, 0.25) is 0 Å². The van der Waals surface area contributed by atoms with Gasteiger partial charge in [-0.15, -0.1) is 0 Å². The first-order valence-electron chi connectivity index (χ1n) is 3.08. The molecule has 11 heavy (non-hydrogen) atoms. The average molecular weight is 149 g/mol. The molecule has 54 valence electrons. The summed E-state index contributed by atoms with van der Waals surface area (Å²) in [6, 6.07) is 1.64. The summed E-state index contributed by atoms with van der Waals surface area (Å²) in [5.74, 6) is 0. The van der Waals surface area contributed by atoms with Gasteiger partial charge in [-0.05, 0) is 6.07 Å². The topological polar surface area (TPSA) is 38.7 Å². The smallest absolute Gasteiger partial charge is 0.264 e. The highest BCUT2D eigenvalue weighted by Crippen LogP contribution is 2.06. The number of halogens is 1. The van der Waals surface area contributed by atoms with Crippen LogP contribution in [0.2, 0.25) is 0 Å². The standard InChI is InChI=1S/C7H4FN3/c8-7-10-4-5-3-9-2-1-6(5)11-7/h1-4H. The normalized spacial score (nSPS) is 10.3. The first-order valence-corrected chi connectivity index (χ1v) is 3.08. The van der Waals surface area contributed by atoms with Crippen LogP contribution >= 0.6 is 0 Å². The number of nitrogens with zero attached hydrogens (tertiary/aromatic N) is 3. The zero-order valence-corrected chi connectivity index (χ0v) is 5.53. The third-order valence-corrected chi connectivity index (χ3v) is 1.35. The molecule has 0 aliphatic rings. The van der Waals surface area contributed by atoms with E-state index in [1.165, 1.54) is 6.20 Å².